The molecule has 0 amide bonds. The Morgan fingerprint density at radius 2 is 1.82 bits per heavy atom. The van der Waals surface area contributed by atoms with Crippen LogP contribution in [0.4, 0.5) is 4.39 Å². The molecule has 4 aromatic rings. The van der Waals surface area contributed by atoms with E-state index in [2.05, 4.69) is 20.1 Å². The monoisotopic (exact) mass is 442 g/mol. The minimum atomic E-state index is -0.559. The van der Waals surface area contributed by atoms with Gasteiger partial charge >= 0.3 is 0 Å². The number of hydrogen-bond acceptors (Lipinski definition) is 6. The number of ketones is 1. The molecule has 0 saturated carbocycles. The Balaban J connectivity index is 1.61. The van der Waals surface area contributed by atoms with Crippen molar-refractivity contribution in [1.82, 2.24) is 24.7 Å². The van der Waals surface area contributed by atoms with Crippen molar-refractivity contribution >= 4 is 11.5 Å². The van der Waals surface area contributed by atoms with E-state index in [1.165, 1.54) is 4.68 Å². The lowest BCUT2D eigenvalue weighted by Crippen LogP contribution is -2.13. The maximum Gasteiger partial charge on any atom is 0.186 e. The Kier molecular flexibility index (Phi) is 6.17. The average Bonchev–Trinajstić information content (AvgIpc) is 3.19. The van der Waals surface area contributed by atoms with Gasteiger partial charge in [0, 0.05) is 43.1 Å². The van der Waals surface area contributed by atoms with Crippen LogP contribution in [0.2, 0.25) is 0 Å². The maximum atomic E-state index is 14.6. The number of nitrogens with one attached hydrogen (secondary N) is 1. The quantitative estimate of drug-likeness (QED) is 0.344. The fraction of sp³-hybridized carbons (Fsp3) is 0.200. The van der Waals surface area contributed by atoms with Gasteiger partial charge in [-0.1, -0.05) is 30.3 Å². The molecule has 0 fully saturated rings. The number of aromatic nitrogens is 5. The molecule has 7 nitrogen and oxygen atoms in total. The maximum absolute atomic E-state index is 14.6. The second-order valence-electron chi connectivity index (χ2n) is 7.87. The fourth-order valence-electron chi connectivity index (χ4n) is 3.69. The van der Waals surface area contributed by atoms with Crippen molar-refractivity contribution in [3.8, 4) is 11.3 Å². The highest BCUT2D eigenvalue weighted by Gasteiger charge is 2.22. The number of carbonyl (C=O) groups excluding carboxylic acids is 1. The van der Waals surface area contributed by atoms with Crippen LogP contribution >= 0.6 is 0 Å². The molecule has 4 rings (SSSR count). The van der Waals surface area contributed by atoms with Gasteiger partial charge in [-0.25, -0.2) is 14.4 Å². The van der Waals surface area contributed by atoms with Gasteiger partial charge in [-0.15, -0.1) is 0 Å². The van der Waals surface area contributed by atoms with Crippen LogP contribution in [0.15, 0.2) is 55.0 Å². The van der Waals surface area contributed by atoms with Crippen molar-refractivity contribution in [2.75, 3.05) is 0 Å². The second-order valence-corrected chi connectivity index (χ2v) is 7.87. The van der Waals surface area contributed by atoms with E-state index >= 15 is 0 Å². The third-order valence-electron chi connectivity index (χ3n) is 5.37. The summed E-state index contributed by atoms with van der Waals surface area (Å²) in [7, 11) is 1.68. The Bertz CT molecular complexity index is 1350. The predicted octanol–water partition coefficient (Wildman–Crippen LogP) is 4.06. The molecular formula is C25H23FN6O. The zero-order valence-corrected chi connectivity index (χ0v) is 18.6. The topological polar surface area (TPSA) is 97.4 Å². The number of halogens is 1. The lowest BCUT2D eigenvalue weighted by Gasteiger charge is -2.10. The molecule has 0 radical (unpaired) electrons. The van der Waals surface area contributed by atoms with Gasteiger partial charge in [-0.05, 0) is 36.6 Å². The number of aryl methyl sites for hydroxylation is 3. The third-order valence-corrected chi connectivity index (χ3v) is 5.37. The lowest BCUT2D eigenvalue weighted by molar-refractivity contribution is 0.0983. The molecular weight excluding hydrogens is 419 g/mol. The van der Waals surface area contributed by atoms with Crippen LogP contribution in [0.1, 0.15) is 38.7 Å². The summed E-state index contributed by atoms with van der Waals surface area (Å²) in [5, 5.41) is 12.6. The van der Waals surface area contributed by atoms with Gasteiger partial charge in [-0.2, -0.15) is 5.10 Å². The number of nitrogens with zero attached hydrogens (tertiary/aromatic N) is 5. The standard InChI is InChI=1S/C25H23FN6O/c1-15-12-28-16(2)31-24(15)20-13-30-32(3)25(20)23(33)10-18-9-19(29-14-21(18)26)11-22(27)17-7-5-4-6-8-17/h4-9,12-14,27H,10-11H2,1-3H3. The largest absolute Gasteiger partial charge is 0.304 e. The first-order valence-electron chi connectivity index (χ1n) is 10.5. The number of Topliss-reactive ketones (excluding diaryl/α,β-unsaturated/α-hetero) is 1. The summed E-state index contributed by atoms with van der Waals surface area (Å²) in [6.07, 6.45) is 4.49. The first kappa shape index (κ1) is 22.1. The van der Waals surface area contributed by atoms with Gasteiger partial charge in [-0.3, -0.25) is 14.5 Å². The molecule has 0 bridgehead atoms. The highest BCUT2D eigenvalue weighted by molar-refractivity contribution is 6.02. The zero-order valence-electron chi connectivity index (χ0n) is 18.6. The number of pyridine rings is 1. The Labute approximate surface area is 190 Å². The van der Waals surface area contributed by atoms with E-state index in [0.29, 0.717) is 34.2 Å². The van der Waals surface area contributed by atoms with E-state index in [1.807, 2.05) is 37.3 Å². The van der Waals surface area contributed by atoms with Crippen molar-refractivity contribution in [3.63, 3.8) is 0 Å². The average molecular weight is 442 g/mol. The van der Waals surface area contributed by atoms with Gasteiger partial charge < -0.3 is 5.41 Å². The Hall–Kier alpha value is -4.07. The van der Waals surface area contributed by atoms with E-state index in [9.17, 15) is 9.18 Å². The smallest absolute Gasteiger partial charge is 0.186 e. The molecule has 0 saturated heterocycles. The number of benzene rings is 1. The molecule has 0 unspecified atom stereocenters. The summed E-state index contributed by atoms with van der Waals surface area (Å²) in [5.41, 5.74) is 4.29. The normalized spacial score (nSPS) is 10.9. The summed E-state index contributed by atoms with van der Waals surface area (Å²) in [6, 6.07) is 10.8. The molecule has 166 valence electrons. The molecule has 3 aromatic heterocycles. The highest BCUT2D eigenvalue weighted by atomic mass is 19.1. The van der Waals surface area contributed by atoms with Crippen molar-refractivity contribution in [2.24, 2.45) is 7.05 Å². The van der Waals surface area contributed by atoms with Crippen LogP contribution in [0.5, 0.6) is 0 Å². The van der Waals surface area contributed by atoms with E-state index < -0.39 is 5.82 Å². The second kappa shape index (κ2) is 9.20. The van der Waals surface area contributed by atoms with Crippen molar-refractivity contribution in [3.05, 3.63) is 94.7 Å². The molecule has 33 heavy (non-hydrogen) atoms. The van der Waals surface area contributed by atoms with E-state index in [4.69, 9.17) is 5.41 Å². The summed E-state index contributed by atoms with van der Waals surface area (Å²) in [4.78, 5) is 26.0. The van der Waals surface area contributed by atoms with Crippen LogP contribution in [0.3, 0.4) is 0 Å². The van der Waals surface area contributed by atoms with Crippen molar-refractivity contribution < 1.29 is 9.18 Å². The molecule has 0 atom stereocenters. The summed E-state index contributed by atoms with van der Waals surface area (Å²) in [5.74, 6) is -0.255. The predicted molar refractivity (Wildman–Crippen MR) is 123 cm³/mol. The van der Waals surface area contributed by atoms with Crippen LogP contribution in [-0.2, 0) is 19.9 Å². The number of hydrogen-bond donors (Lipinski definition) is 1. The first-order valence-corrected chi connectivity index (χ1v) is 10.5. The Morgan fingerprint density at radius 3 is 2.58 bits per heavy atom. The zero-order chi connectivity index (χ0) is 23.5. The molecule has 1 aromatic carbocycles. The minimum Gasteiger partial charge on any atom is -0.304 e. The van der Waals surface area contributed by atoms with Gasteiger partial charge in [0.25, 0.3) is 0 Å². The summed E-state index contributed by atoms with van der Waals surface area (Å²) >= 11 is 0. The van der Waals surface area contributed by atoms with Gasteiger partial charge in [0.05, 0.1) is 18.1 Å². The van der Waals surface area contributed by atoms with Crippen LogP contribution in [0.25, 0.3) is 11.3 Å². The number of rotatable bonds is 7. The molecule has 0 aliphatic rings. The van der Waals surface area contributed by atoms with Crippen LogP contribution in [-0.4, -0.2) is 36.2 Å². The summed E-state index contributed by atoms with van der Waals surface area (Å²) in [6.45, 7) is 3.65. The SMILES string of the molecule is Cc1ncc(C)c(-c2cnn(C)c2C(=O)Cc2cc(CC(=N)c3ccccc3)ncc2F)n1. The lowest BCUT2D eigenvalue weighted by atomic mass is 10.00. The van der Waals surface area contributed by atoms with Crippen molar-refractivity contribution in [2.45, 2.75) is 26.7 Å². The van der Waals surface area contributed by atoms with Gasteiger partial charge in [0.1, 0.15) is 17.3 Å². The van der Waals surface area contributed by atoms with Gasteiger partial charge in [0.15, 0.2) is 5.78 Å². The molecule has 0 spiro atoms. The fourth-order valence-corrected chi connectivity index (χ4v) is 3.69. The van der Waals surface area contributed by atoms with E-state index in [-0.39, 0.29) is 24.2 Å². The minimum absolute atomic E-state index is 0.157. The van der Waals surface area contributed by atoms with E-state index in [1.54, 1.807) is 32.4 Å². The number of carbonyl (C=O) groups is 1. The van der Waals surface area contributed by atoms with E-state index in [0.717, 1.165) is 17.3 Å². The first-order chi connectivity index (χ1) is 15.8. The molecule has 0 aliphatic heterocycles. The molecule has 1 N–H and O–H groups in total. The summed E-state index contributed by atoms with van der Waals surface area (Å²) < 4.78 is 16.0. The van der Waals surface area contributed by atoms with Crippen LogP contribution < -0.4 is 0 Å². The highest BCUT2D eigenvalue weighted by Crippen LogP contribution is 2.26. The molecule has 0 aliphatic carbocycles. The van der Waals surface area contributed by atoms with Crippen molar-refractivity contribution in [1.29, 1.82) is 5.41 Å². The van der Waals surface area contributed by atoms with Gasteiger partial charge in [0.2, 0.25) is 0 Å². The Morgan fingerprint density at radius 1 is 1.06 bits per heavy atom. The molecule has 8 heteroatoms. The molecule has 3 heterocycles. The van der Waals surface area contributed by atoms with Crippen LogP contribution in [0, 0.1) is 25.1 Å². The third kappa shape index (κ3) is 4.74.